The minimum Gasteiger partial charge on any atom is -0.368 e. The minimum atomic E-state index is -0.972. The maximum absolute atomic E-state index is 11.0. The lowest BCUT2D eigenvalue weighted by Gasteiger charge is -2.31. The molecule has 0 N–H and O–H groups in total. The molecule has 0 aromatic heterocycles. The van der Waals surface area contributed by atoms with Crippen molar-refractivity contribution in [2.75, 3.05) is 7.11 Å². The molecule has 0 aromatic carbocycles. The molecular weight excluding hydrogens is 212 g/mol. The van der Waals surface area contributed by atoms with Crippen LogP contribution in [0.3, 0.4) is 0 Å². The number of methoxy groups -OCH3 is 1. The predicted molar refractivity (Wildman–Crippen MR) is 54.7 cm³/mol. The highest BCUT2D eigenvalue weighted by molar-refractivity contribution is 5.61. The molecule has 0 spiro atoms. The number of rotatable bonds is 3. The molecule has 2 rings (SSSR count). The zero-order chi connectivity index (χ0) is 12.0. The highest BCUT2D eigenvalue weighted by atomic mass is 16.8. The first-order valence-electron chi connectivity index (χ1n) is 5.14. The van der Waals surface area contributed by atoms with Gasteiger partial charge in [-0.05, 0) is 13.8 Å². The third kappa shape index (κ3) is 1.43. The van der Waals surface area contributed by atoms with E-state index in [-0.39, 0.29) is 0 Å². The van der Waals surface area contributed by atoms with Gasteiger partial charge in [0, 0.05) is 7.11 Å². The van der Waals surface area contributed by atoms with Crippen molar-refractivity contribution in [2.45, 2.75) is 43.7 Å². The molecule has 2 fully saturated rings. The van der Waals surface area contributed by atoms with E-state index in [1.165, 1.54) is 7.11 Å². The van der Waals surface area contributed by atoms with Crippen molar-refractivity contribution in [3.8, 4) is 0 Å². The average Bonchev–Trinajstić information content (AvgIpc) is 2.68. The van der Waals surface area contributed by atoms with Crippen LogP contribution in [0.1, 0.15) is 13.8 Å². The van der Waals surface area contributed by atoms with Crippen molar-refractivity contribution >= 4 is 6.29 Å². The van der Waals surface area contributed by atoms with Crippen LogP contribution >= 0.6 is 0 Å². The Hall–Kier alpha value is -0.750. The van der Waals surface area contributed by atoms with Gasteiger partial charge in [0.1, 0.15) is 11.7 Å². The van der Waals surface area contributed by atoms with Gasteiger partial charge in [0.2, 0.25) is 0 Å². The highest BCUT2D eigenvalue weighted by Crippen LogP contribution is 2.44. The summed E-state index contributed by atoms with van der Waals surface area (Å²) in [5.41, 5.74) is -0.972. The van der Waals surface area contributed by atoms with Crippen LogP contribution < -0.4 is 0 Å². The summed E-state index contributed by atoms with van der Waals surface area (Å²) in [6, 6.07) is 0. The Bertz CT molecular complexity index is 313. The summed E-state index contributed by atoms with van der Waals surface area (Å²) in [6.07, 6.45) is 0.412. The van der Waals surface area contributed by atoms with E-state index in [0.717, 1.165) is 0 Å². The molecule has 2 heterocycles. The number of hydrogen-bond donors (Lipinski definition) is 0. The molecule has 90 valence electrons. The molecule has 0 unspecified atom stereocenters. The van der Waals surface area contributed by atoms with Gasteiger partial charge in [-0.3, -0.25) is 0 Å². The number of carbonyl (C=O) groups excluding carboxylic acids is 1. The smallest absolute Gasteiger partial charge is 0.191 e. The fraction of sp³-hybridized carbons (Fsp3) is 0.727. The molecule has 5 nitrogen and oxygen atoms in total. The number of aldehydes is 1. The normalized spacial score (nSPS) is 45.3. The van der Waals surface area contributed by atoms with Crippen LogP contribution in [-0.2, 0) is 23.7 Å². The number of fused-ring (bicyclic) bond motifs is 1. The summed E-state index contributed by atoms with van der Waals surface area (Å²) in [4.78, 5) is 11.0. The molecular formula is C11H16O5. The minimum absolute atomic E-state index is 0.472. The van der Waals surface area contributed by atoms with Gasteiger partial charge in [-0.25, -0.2) is 0 Å². The lowest BCUT2D eigenvalue weighted by Crippen LogP contribution is -2.49. The van der Waals surface area contributed by atoms with E-state index in [4.69, 9.17) is 18.9 Å². The molecule has 2 saturated heterocycles. The van der Waals surface area contributed by atoms with Crippen LogP contribution in [0.4, 0.5) is 0 Å². The summed E-state index contributed by atoms with van der Waals surface area (Å²) in [5.74, 6) is -0.740. The second kappa shape index (κ2) is 3.63. The van der Waals surface area contributed by atoms with E-state index in [0.29, 0.717) is 6.29 Å². The summed E-state index contributed by atoms with van der Waals surface area (Å²) < 4.78 is 22.1. The van der Waals surface area contributed by atoms with Crippen molar-refractivity contribution in [1.29, 1.82) is 0 Å². The van der Waals surface area contributed by atoms with Gasteiger partial charge in [-0.15, -0.1) is 6.58 Å². The fourth-order valence-corrected chi connectivity index (χ4v) is 2.23. The first kappa shape index (κ1) is 11.7. The van der Waals surface area contributed by atoms with Crippen LogP contribution in [0.15, 0.2) is 12.7 Å². The SMILES string of the molecule is C=C[C@@]1(OC)[C@@H](C=O)O[C@@H]2OC(C)(C)O[C@@H]21. The first-order valence-corrected chi connectivity index (χ1v) is 5.14. The lowest BCUT2D eigenvalue weighted by molar-refractivity contribution is -0.222. The van der Waals surface area contributed by atoms with Gasteiger partial charge in [0.05, 0.1) is 0 Å². The lowest BCUT2D eigenvalue weighted by atomic mass is 9.93. The molecule has 0 aliphatic carbocycles. The van der Waals surface area contributed by atoms with Crippen molar-refractivity contribution in [2.24, 2.45) is 0 Å². The topological polar surface area (TPSA) is 54.0 Å². The van der Waals surface area contributed by atoms with Crippen molar-refractivity contribution in [3.63, 3.8) is 0 Å². The van der Waals surface area contributed by atoms with Gasteiger partial charge in [-0.2, -0.15) is 0 Å². The summed E-state index contributed by atoms with van der Waals surface area (Å²) in [7, 11) is 1.50. The molecule has 2 aliphatic rings. The molecule has 0 bridgehead atoms. The Morgan fingerprint density at radius 3 is 2.56 bits per heavy atom. The Morgan fingerprint density at radius 2 is 2.06 bits per heavy atom. The first-order chi connectivity index (χ1) is 7.49. The molecule has 0 radical (unpaired) electrons. The largest absolute Gasteiger partial charge is 0.368 e. The Balaban J connectivity index is 2.33. The van der Waals surface area contributed by atoms with E-state index in [1.54, 1.807) is 19.9 Å². The van der Waals surface area contributed by atoms with Crippen LogP contribution in [0.25, 0.3) is 0 Å². The van der Waals surface area contributed by atoms with E-state index < -0.39 is 29.9 Å². The standard InChI is InChI=1S/C11H16O5/c1-5-11(13-4)7(6-12)14-9-8(11)15-10(2,3)16-9/h5-9H,1H2,2-4H3/t7-,8+,9-,11-/m1/s1. The molecule has 0 saturated carbocycles. The predicted octanol–water partition coefficient (Wildman–Crippen LogP) is 0.633. The monoisotopic (exact) mass is 228 g/mol. The van der Waals surface area contributed by atoms with Crippen molar-refractivity contribution in [1.82, 2.24) is 0 Å². The van der Waals surface area contributed by atoms with E-state index in [1.807, 2.05) is 0 Å². The second-order valence-electron chi connectivity index (χ2n) is 4.38. The van der Waals surface area contributed by atoms with Crippen molar-refractivity contribution in [3.05, 3.63) is 12.7 Å². The zero-order valence-electron chi connectivity index (χ0n) is 9.64. The number of hydrogen-bond acceptors (Lipinski definition) is 5. The molecule has 2 aliphatic heterocycles. The average molecular weight is 228 g/mol. The van der Waals surface area contributed by atoms with Gasteiger partial charge in [0.15, 0.2) is 24.5 Å². The zero-order valence-corrected chi connectivity index (χ0v) is 9.64. The summed E-state index contributed by atoms with van der Waals surface area (Å²) >= 11 is 0. The fourth-order valence-electron chi connectivity index (χ4n) is 2.23. The van der Waals surface area contributed by atoms with Gasteiger partial charge in [-0.1, -0.05) is 6.08 Å². The van der Waals surface area contributed by atoms with Gasteiger partial charge >= 0.3 is 0 Å². The second-order valence-corrected chi connectivity index (χ2v) is 4.38. The van der Waals surface area contributed by atoms with Crippen LogP contribution in [0.2, 0.25) is 0 Å². The Morgan fingerprint density at radius 1 is 1.38 bits per heavy atom. The summed E-state index contributed by atoms with van der Waals surface area (Å²) in [6.45, 7) is 7.26. The maximum Gasteiger partial charge on any atom is 0.191 e. The third-order valence-electron chi connectivity index (χ3n) is 3.02. The third-order valence-corrected chi connectivity index (χ3v) is 3.02. The quantitative estimate of drug-likeness (QED) is 0.524. The Kier molecular flexibility index (Phi) is 2.66. The van der Waals surface area contributed by atoms with Crippen LogP contribution in [0, 0.1) is 0 Å². The molecule has 0 amide bonds. The molecule has 0 aromatic rings. The summed E-state index contributed by atoms with van der Waals surface area (Å²) in [5, 5.41) is 0. The van der Waals surface area contributed by atoms with Gasteiger partial charge in [0.25, 0.3) is 0 Å². The highest BCUT2D eigenvalue weighted by Gasteiger charge is 2.63. The Labute approximate surface area is 94.3 Å². The molecule has 4 atom stereocenters. The van der Waals surface area contributed by atoms with Gasteiger partial charge < -0.3 is 23.7 Å². The molecule has 5 heteroatoms. The van der Waals surface area contributed by atoms with E-state index in [2.05, 4.69) is 6.58 Å². The maximum atomic E-state index is 11.0. The van der Waals surface area contributed by atoms with Crippen LogP contribution in [-0.4, -0.2) is 43.3 Å². The van der Waals surface area contributed by atoms with Crippen molar-refractivity contribution < 1.29 is 23.7 Å². The molecule has 16 heavy (non-hydrogen) atoms. The van der Waals surface area contributed by atoms with E-state index in [9.17, 15) is 4.79 Å². The number of carbonyl (C=O) groups is 1. The van der Waals surface area contributed by atoms with Crippen LogP contribution in [0.5, 0.6) is 0 Å². The van der Waals surface area contributed by atoms with E-state index >= 15 is 0 Å². The number of ether oxygens (including phenoxy) is 4.